The van der Waals surface area contributed by atoms with Crippen molar-refractivity contribution in [3.05, 3.63) is 0 Å². The molecule has 0 unspecified atom stereocenters. The minimum absolute atomic E-state index is 0.0490. The molecular weight excluding hydrogens is 474 g/mol. The Kier molecular flexibility index (Phi) is 25.4. The van der Waals surface area contributed by atoms with Gasteiger partial charge in [-0.05, 0) is 59.5 Å². The molecule has 0 atom stereocenters. The van der Waals surface area contributed by atoms with Gasteiger partial charge in [-0.15, -0.1) is 0 Å². The van der Waals surface area contributed by atoms with Crippen LogP contribution in [0.1, 0.15) is 169 Å². The molecule has 0 aliphatic carbocycles. The fourth-order valence-corrected chi connectivity index (χ4v) is 4.75. The highest BCUT2D eigenvalue weighted by atomic mass is 16.6. The number of hydrogen-bond acceptors (Lipinski definition) is 5. The van der Waals surface area contributed by atoms with Gasteiger partial charge in [-0.2, -0.15) is 0 Å². The molecule has 0 fully saturated rings. The van der Waals surface area contributed by atoms with Crippen LogP contribution in [-0.2, 0) is 19.1 Å². The van der Waals surface area contributed by atoms with E-state index in [0.717, 1.165) is 70.9 Å². The van der Waals surface area contributed by atoms with Gasteiger partial charge in [0.25, 0.3) is 0 Å². The molecule has 0 aliphatic rings. The molecule has 38 heavy (non-hydrogen) atoms. The minimum Gasteiger partial charge on any atom is -0.466 e. The van der Waals surface area contributed by atoms with Crippen molar-refractivity contribution >= 4 is 11.9 Å². The summed E-state index contributed by atoms with van der Waals surface area (Å²) < 4.78 is 10.9. The van der Waals surface area contributed by atoms with Gasteiger partial charge in [-0.1, -0.05) is 117 Å². The molecule has 0 rings (SSSR count). The molecular formula is C33H65NO4. The van der Waals surface area contributed by atoms with Crippen LogP contribution in [0.2, 0.25) is 0 Å². The van der Waals surface area contributed by atoms with E-state index in [1.54, 1.807) is 0 Å². The van der Waals surface area contributed by atoms with Crippen LogP contribution in [0.15, 0.2) is 0 Å². The Labute approximate surface area is 237 Å². The van der Waals surface area contributed by atoms with Gasteiger partial charge in [0.2, 0.25) is 0 Å². The number of rotatable bonds is 27. The summed E-state index contributed by atoms with van der Waals surface area (Å²) in [7, 11) is 0. The highest BCUT2D eigenvalue weighted by Gasteiger charge is 2.18. The van der Waals surface area contributed by atoms with Crippen molar-refractivity contribution < 1.29 is 19.1 Å². The average Bonchev–Trinajstić information content (AvgIpc) is 2.85. The summed E-state index contributed by atoms with van der Waals surface area (Å²) in [6.07, 6.45) is 25.2. The van der Waals surface area contributed by atoms with Crippen molar-refractivity contribution in [3.8, 4) is 0 Å². The summed E-state index contributed by atoms with van der Waals surface area (Å²) in [5.41, 5.74) is -0.435. The number of nitrogens with zero attached hydrogens (tertiary/aromatic N) is 1. The first-order valence-electron chi connectivity index (χ1n) is 16.4. The van der Waals surface area contributed by atoms with Crippen LogP contribution in [0.3, 0.4) is 0 Å². The second kappa shape index (κ2) is 26.1. The highest BCUT2D eigenvalue weighted by molar-refractivity contribution is 5.72. The van der Waals surface area contributed by atoms with Crippen molar-refractivity contribution in [1.29, 1.82) is 0 Å². The lowest BCUT2D eigenvalue weighted by molar-refractivity contribution is -0.156. The van der Waals surface area contributed by atoms with Crippen molar-refractivity contribution in [2.45, 2.75) is 175 Å². The summed E-state index contributed by atoms with van der Waals surface area (Å²) >= 11 is 0. The maximum Gasteiger partial charge on any atom is 0.320 e. The number of hydrogen-bond donors (Lipinski definition) is 0. The quantitative estimate of drug-likeness (QED) is 0.0768. The summed E-state index contributed by atoms with van der Waals surface area (Å²) in [4.78, 5) is 26.5. The van der Waals surface area contributed by atoms with Crippen LogP contribution in [-0.4, -0.2) is 48.7 Å². The molecule has 0 N–H and O–H groups in total. The molecule has 0 bridgehead atoms. The number of ether oxygens (including phenoxy) is 2. The van der Waals surface area contributed by atoms with E-state index in [4.69, 9.17) is 9.47 Å². The Hall–Kier alpha value is -1.10. The molecule has 0 spiro atoms. The number of carbonyl (C=O) groups is 2. The van der Waals surface area contributed by atoms with E-state index in [-0.39, 0.29) is 11.9 Å². The van der Waals surface area contributed by atoms with Crippen molar-refractivity contribution in [1.82, 2.24) is 4.90 Å². The molecule has 0 amide bonds. The maximum absolute atomic E-state index is 12.4. The Morgan fingerprint density at radius 3 is 1.45 bits per heavy atom. The smallest absolute Gasteiger partial charge is 0.320 e. The minimum atomic E-state index is -0.435. The van der Waals surface area contributed by atoms with E-state index < -0.39 is 5.60 Å². The lowest BCUT2D eigenvalue weighted by atomic mass is 10.1. The molecule has 0 saturated heterocycles. The first kappa shape index (κ1) is 36.9. The zero-order valence-corrected chi connectivity index (χ0v) is 26.3. The standard InChI is InChI=1S/C33H65NO4/c1-6-8-10-11-12-13-14-15-16-17-20-23-27-34(30-32(36)38-33(3,4)5)28-24-21-18-19-22-26-31(35)37-29-25-9-7-2/h6-30H2,1-5H3. The second-order valence-electron chi connectivity index (χ2n) is 12.2. The normalized spacial score (nSPS) is 11.7. The van der Waals surface area contributed by atoms with E-state index in [1.807, 2.05) is 20.8 Å². The van der Waals surface area contributed by atoms with Crippen LogP contribution in [0.25, 0.3) is 0 Å². The van der Waals surface area contributed by atoms with E-state index in [1.165, 1.54) is 70.6 Å². The van der Waals surface area contributed by atoms with Gasteiger partial charge in [0, 0.05) is 6.42 Å². The van der Waals surface area contributed by atoms with Crippen LogP contribution in [0.5, 0.6) is 0 Å². The molecule has 5 nitrogen and oxygen atoms in total. The van der Waals surface area contributed by atoms with E-state index in [9.17, 15) is 9.59 Å². The Morgan fingerprint density at radius 2 is 0.974 bits per heavy atom. The molecule has 0 heterocycles. The molecule has 0 radical (unpaired) electrons. The second-order valence-corrected chi connectivity index (χ2v) is 12.2. The van der Waals surface area contributed by atoms with E-state index in [0.29, 0.717) is 19.6 Å². The molecule has 0 aliphatic heterocycles. The predicted molar refractivity (Wildman–Crippen MR) is 162 cm³/mol. The number of esters is 2. The van der Waals surface area contributed by atoms with Gasteiger partial charge in [0.1, 0.15) is 5.60 Å². The summed E-state index contributed by atoms with van der Waals surface area (Å²) in [6, 6.07) is 0. The summed E-state index contributed by atoms with van der Waals surface area (Å²) in [5.74, 6) is -0.166. The Bertz CT molecular complexity index is 544. The predicted octanol–water partition coefficient (Wildman–Crippen LogP) is 9.41. The Morgan fingerprint density at radius 1 is 0.553 bits per heavy atom. The lowest BCUT2D eigenvalue weighted by Crippen LogP contribution is -2.36. The maximum atomic E-state index is 12.4. The van der Waals surface area contributed by atoms with E-state index in [2.05, 4.69) is 18.7 Å². The van der Waals surface area contributed by atoms with E-state index >= 15 is 0 Å². The summed E-state index contributed by atoms with van der Waals surface area (Å²) in [5, 5.41) is 0. The molecule has 0 aromatic heterocycles. The number of carbonyl (C=O) groups excluding carboxylic acids is 2. The first-order valence-corrected chi connectivity index (χ1v) is 16.4. The topological polar surface area (TPSA) is 55.8 Å². The van der Waals surface area contributed by atoms with Crippen LogP contribution in [0, 0.1) is 0 Å². The van der Waals surface area contributed by atoms with Gasteiger partial charge in [-0.3, -0.25) is 14.5 Å². The lowest BCUT2D eigenvalue weighted by Gasteiger charge is -2.25. The first-order chi connectivity index (χ1) is 18.3. The van der Waals surface area contributed by atoms with Gasteiger partial charge >= 0.3 is 11.9 Å². The third-order valence-electron chi connectivity index (χ3n) is 6.97. The summed E-state index contributed by atoms with van der Waals surface area (Å²) in [6.45, 7) is 13.1. The average molecular weight is 540 g/mol. The van der Waals surface area contributed by atoms with Crippen molar-refractivity contribution in [2.75, 3.05) is 26.2 Å². The largest absolute Gasteiger partial charge is 0.466 e. The molecule has 226 valence electrons. The van der Waals surface area contributed by atoms with Crippen LogP contribution in [0.4, 0.5) is 0 Å². The molecule has 0 aromatic rings. The Balaban J connectivity index is 4.02. The van der Waals surface area contributed by atoms with Gasteiger partial charge in [0.15, 0.2) is 0 Å². The van der Waals surface area contributed by atoms with Crippen molar-refractivity contribution in [3.63, 3.8) is 0 Å². The SMILES string of the molecule is CCCCCCCCCCCCCCN(CCCCCCCC(=O)OCCCCC)CC(=O)OC(C)(C)C. The molecule has 5 heteroatoms. The van der Waals surface area contributed by atoms with Gasteiger partial charge in [-0.25, -0.2) is 0 Å². The molecule has 0 aromatic carbocycles. The zero-order chi connectivity index (χ0) is 28.3. The third kappa shape index (κ3) is 27.9. The zero-order valence-electron chi connectivity index (χ0n) is 26.3. The molecule has 0 saturated carbocycles. The number of unbranched alkanes of at least 4 members (excludes halogenated alkanes) is 17. The fraction of sp³-hybridized carbons (Fsp3) is 0.939. The van der Waals surface area contributed by atoms with Crippen LogP contribution < -0.4 is 0 Å². The monoisotopic (exact) mass is 539 g/mol. The van der Waals surface area contributed by atoms with Crippen LogP contribution >= 0.6 is 0 Å². The third-order valence-corrected chi connectivity index (χ3v) is 6.97. The highest BCUT2D eigenvalue weighted by Crippen LogP contribution is 2.14. The fourth-order valence-electron chi connectivity index (χ4n) is 4.75. The van der Waals surface area contributed by atoms with Gasteiger partial charge in [0.05, 0.1) is 13.2 Å². The van der Waals surface area contributed by atoms with Crippen molar-refractivity contribution in [2.24, 2.45) is 0 Å². The van der Waals surface area contributed by atoms with Gasteiger partial charge < -0.3 is 9.47 Å².